The molecule has 0 bridgehead atoms. The summed E-state index contributed by atoms with van der Waals surface area (Å²) in [4.78, 5) is 24.0. The maximum absolute atomic E-state index is 12.8. The number of anilines is 1. The van der Waals surface area contributed by atoms with Crippen molar-refractivity contribution in [1.29, 1.82) is 0 Å². The van der Waals surface area contributed by atoms with Gasteiger partial charge in [0.05, 0.1) is 34.6 Å². The number of amides is 1. The molecule has 0 saturated carbocycles. The van der Waals surface area contributed by atoms with Gasteiger partial charge in [-0.1, -0.05) is 16.8 Å². The standard InChI is InChI=1S/C21H27ClN4O2.C3H6N2O2/c22-18-10-17(20-16(19(18)23)2-1-6-24-20)21(27)25-11-14-3-7-26(8-4-14)12-15-5-9-28-13-15;4-3-2(6)1-5-7-3/h1-2,6,10,14-15H,3-5,7-9,11-13,23H2,(H,25,27);1-3,6H,4H2. The highest BCUT2D eigenvalue weighted by Gasteiger charge is 2.24. The van der Waals surface area contributed by atoms with Crippen molar-refractivity contribution >= 4 is 40.3 Å². The Morgan fingerprint density at radius 1 is 1.29 bits per heavy atom. The number of likely N-dealkylation sites (tertiary alicyclic amines) is 1. The van der Waals surface area contributed by atoms with Gasteiger partial charge in [-0.3, -0.25) is 15.5 Å². The van der Waals surface area contributed by atoms with Gasteiger partial charge in [-0.25, -0.2) is 0 Å². The summed E-state index contributed by atoms with van der Waals surface area (Å²) < 4.78 is 5.48. The predicted molar refractivity (Wildman–Crippen MR) is 135 cm³/mol. The van der Waals surface area contributed by atoms with Gasteiger partial charge in [0, 0.05) is 31.3 Å². The number of hydrogen-bond donors (Lipinski definition) is 4. The Morgan fingerprint density at radius 3 is 2.71 bits per heavy atom. The number of hydrogen-bond acceptors (Lipinski definition) is 9. The number of ether oxygens (including phenoxy) is 1. The summed E-state index contributed by atoms with van der Waals surface area (Å²) in [6.07, 6.45) is 4.94. The number of halogens is 1. The fourth-order valence-corrected chi connectivity index (χ4v) is 4.74. The number of oxime groups is 1. The zero-order valence-electron chi connectivity index (χ0n) is 19.6. The number of aliphatic hydroxyl groups is 1. The third-order valence-electron chi connectivity index (χ3n) is 6.66. The van der Waals surface area contributed by atoms with E-state index in [1.54, 1.807) is 18.3 Å². The van der Waals surface area contributed by atoms with Crippen LogP contribution >= 0.6 is 11.6 Å². The number of aliphatic hydroxyl groups excluding tert-OH is 1. The molecule has 4 heterocycles. The number of benzene rings is 1. The lowest BCUT2D eigenvalue weighted by Crippen LogP contribution is -2.40. The van der Waals surface area contributed by atoms with Crippen molar-refractivity contribution in [2.75, 3.05) is 45.1 Å². The van der Waals surface area contributed by atoms with Gasteiger partial charge >= 0.3 is 0 Å². The molecule has 2 aromatic rings. The summed E-state index contributed by atoms with van der Waals surface area (Å²) in [6, 6.07) is 5.25. The average molecular weight is 505 g/mol. The Bertz CT molecular complexity index is 1040. The summed E-state index contributed by atoms with van der Waals surface area (Å²) in [6.45, 7) is 5.81. The van der Waals surface area contributed by atoms with Crippen molar-refractivity contribution in [2.45, 2.75) is 31.6 Å². The largest absolute Gasteiger partial charge is 0.397 e. The van der Waals surface area contributed by atoms with E-state index in [1.807, 2.05) is 6.07 Å². The van der Waals surface area contributed by atoms with Crippen LogP contribution in [0.15, 0.2) is 29.6 Å². The number of piperidine rings is 1. The summed E-state index contributed by atoms with van der Waals surface area (Å²) in [5.74, 6) is 1.05. The fourth-order valence-electron chi connectivity index (χ4n) is 4.52. The van der Waals surface area contributed by atoms with E-state index in [9.17, 15) is 4.79 Å². The molecule has 2 saturated heterocycles. The second-order valence-electron chi connectivity index (χ2n) is 9.22. The molecule has 0 radical (unpaired) electrons. The minimum atomic E-state index is -0.722. The molecule has 190 valence electrons. The molecule has 10 nitrogen and oxygen atoms in total. The summed E-state index contributed by atoms with van der Waals surface area (Å²) in [5.41, 5.74) is 12.6. The molecule has 2 fully saturated rings. The summed E-state index contributed by atoms with van der Waals surface area (Å²) in [7, 11) is 0. The number of nitrogens with one attached hydrogen (secondary N) is 1. The number of aromatic nitrogens is 1. The molecule has 35 heavy (non-hydrogen) atoms. The van der Waals surface area contributed by atoms with Crippen LogP contribution in [0.4, 0.5) is 5.69 Å². The SMILES string of the molecule is NC1ON=CC1O.Nc1c(Cl)cc(C(=O)NCC2CCN(CC3CCOC3)CC2)c2ncccc12. The molecule has 1 amide bonds. The van der Waals surface area contributed by atoms with Crippen LogP contribution in [0.3, 0.4) is 0 Å². The van der Waals surface area contributed by atoms with Gasteiger partial charge in [0.25, 0.3) is 5.91 Å². The number of carbonyl (C=O) groups is 1. The van der Waals surface area contributed by atoms with E-state index in [0.717, 1.165) is 45.7 Å². The molecular formula is C24H33ClN6O4. The smallest absolute Gasteiger partial charge is 0.253 e. The third-order valence-corrected chi connectivity index (χ3v) is 6.97. The van der Waals surface area contributed by atoms with Gasteiger partial charge in [0.2, 0.25) is 6.23 Å². The highest BCUT2D eigenvalue weighted by Crippen LogP contribution is 2.30. The van der Waals surface area contributed by atoms with E-state index in [-0.39, 0.29) is 5.91 Å². The van der Waals surface area contributed by atoms with Crippen molar-refractivity contribution in [2.24, 2.45) is 22.7 Å². The van der Waals surface area contributed by atoms with Gasteiger partial charge in [0.15, 0.2) is 0 Å². The Labute approximate surface area is 209 Å². The maximum atomic E-state index is 12.8. The van der Waals surface area contributed by atoms with Crippen molar-refractivity contribution in [3.63, 3.8) is 0 Å². The first-order valence-corrected chi connectivity index (χ1v) is 12.3. The molecule has 11 heteroatoms. The topological polar surface area (TPSA) is 148 Å². The molecule has 1 aromatic carbocycles. The van der Waals surface area contributed by atoms with Gasteiger partial charge < -0.3 is 30.6 Å². The minimum Gasteiger partial charge on any atom is -0.397 e. The molecule has 3 unspecified atom stereocenters. The predicted octanol–water partition coefficient (Wildman–Crippen LogP) is 1.60. The average Bonchev–Trinajstić information content (AvgIpc) is 3.52. The second kappa shape index (κ2) is 12.0. The Balaban J connectivity index is 0.000000356. The van der Waals surface area contributed by atoms with Crippen LogP contribution in [0.25, 0.3) is 10.9 Å². The number of rotatable bonds is 5. The maximum Gasteiger partial charge on any atom is 0.253 e. The zero-order chi connectivity index (χ0) is 24.8. The minimum absolute atomic E-state index is 0.142. The van der Waals surface area contributed by atoms with Gasteiger partial charge in [-0.2, -0.15) is 0 Å². The van der Waals surface area contributed by atoms with Crippen molar-refractivity contribution in [3.8, 4) is 0 Å². The Morgan fingerprint density at radius 2 is 2.09 bits per heavy atom. The van der Waals surface area contributed by atoms with Gasteiger partial charge in [-0.05, 0) is 62.4 Å². The monoisotopic (exact) mass is 504 g/mol. The van der Waals surface area contributed by atoms with Crippen molar-refractivity contribution < 1.29 is 19.5 Å². The number of nitrogens with zero attached hydrogens (tertiary/aromatic N) is 3. The van der Waals surface area contributed by atoms with Crippen LogP contribution < -0.4 is 16.8 Å². The van der Waals surface area contributed by atoms with E-state index in [2.05, 4.69) is 25.2 Å². The normalized spacial score (nSPS) is 24.7. The molecule has 1 aromatic heterocycles. The quantitative estimate of drug-likeness (QED) is 0.449. The van der Waals surface area contributed by atoms with Crippen LogP contribution in [0, 0.1) is 11.8 Å². The van der Waals surface area contributed by atoms with E-state index >= 15 is 0 Å². The van der Waals surface area contributed by atoms with Crippen LogP contribution in [0.1, 0.15) is 29.6 Å². The summed E-state index contributed by atoms with van der Waals surface area (Å²) in [5, 5.41) is 16.0. The number of pyridine rings is 1. The van der Waals surface area contributed by atoms with E-state index in [0.29, 0.717) is 45.6 Å². The fraction of sp³-hybridized carbons (Fsp3) is 0.542. The zero-order valence-corrected chi connectivity index (χ0v) is 20.4. The Hall–Kier alpha value is -2.50. The molecule has 3 aliphatic heterocycles. The first kappa shape index (κ1) is 25.6. The number of carbonyl (C=O) groups excluding carboxylic acids is 1. The van der Waals surface area contributed by atoms with Crippen LogP contribution in [0.2, 0.25) is 5.02 Å². The molecule has 0 aliphatic carbocycles. The third kappa shape index (κ3) is 6.59. The number of nitrogens with two attached hydrogens (primary N) is 2. The summed E-state index contributed by atoms with van der Waals surface area (Å²) >= 11 is 6.22. The first-order chi connectivity index (χ1) is 16.9. The highest BCUT2D eigenvalue weighted by atomic mass is 35.5. The second-order valence-corrected chi connectivity index (χ2v) is 9.63. The van der Waals surface area contributed by atoms with Gasteiger partial charge in [-0.15, -0.1) is 0 Å². The lowest BCUT2D eigenvalue weighted by atomic mass is 9.95. The molecule has 3 aliphatic rings. The van der Waals surface area contributed by atoms with Crippen LogP contribution in [0.5, 0.6) is 0 Å². The molecule has 3 atom stereocenters. The lowest BCUT2D eigenvalue weighted by molar-refractivity contribution is 0.0265. The molecular weight excluding hydrogens is 472 g/mol. The van der Waals surface area contributed by atoms with Crippen LogP contribution in [-0.4, -0.2) is 78.8 Å². The van der Waals surface area contributed by atoms with Crippen LogP contribution in [-0.2, 0) is 9.57 Å². The van der Waals surface area contributed by atoms with Gasteiger partial charge in [0.1, 0.15) is 6.10 Å². The molecule has 0 spiro atoms. The van der Waals surface area contributed by atoms with Crippen molar-refractivity contribution in [3.05, 3.63) is 35.0 Å². The number of nitrogen functional groups attached to an aromatic ring is 1. The number of fused-ring (bicyclic) bond motifs is 1. The highest BCUT2D eigenvalue weighted by molar-refractivity contribution is 6.35. The Kier molecular flexibility index (Phi) is 8.74. The first-order valence-electron chi connectivity index (χ1n) is 12.0. The molecule has 5 rings (SSSR count). The van der Waals surface area contributed by atoms with Crippen molar-refractivity contribution in [1.82, 2.24) is 15.2 Å². The van der Waals surface area contributed by atoms with E-state index in [1.165, 1.54) is 12.6 Å². The van der Waals surface area contributed by atoms with E-state index in [4.69, 9.17) is 32.9 Å². The van der Waals surface area contributed by atoms with E-state index < -0.39 is 12.3 Å². The molecule has 6 N–H and O–H groups in total. The lowest BCUT2D eigenvalue weighted by Gasteiger charge is -2.33.